The molecule has 3 heterocycles. The number of H-pyrrole nitrogens is 1. The fraction of sp³-hybridized carbons (Fsp3) is 0.160. The lowest BCUT2D eigenvalue weighted by Gasteiger charge is -2.19. The van der Waals surface area contributed by atoms with Crippen molar-refractivity contribution in [3.05, 3.63) is 107 Å². The number of fused-ring (bicyclic) bond motifs is 1. The molecule has 0 fully saturated rings. The molecule has 1 amide bonds. The van der Waals surface area contributed by atoms with Gasteiger partial charge in [-0.25, -0.2) is 19.0 Å². The number of amides is 1. The maximum atomic E-state index is 13.4. The Morgan fingerprint density at radius 1 is 1.14 bits per heavy atom. The second-order valence-corrected chi connectivity index (χ2v) is 8.09. The Bertz CT molecular complexity index is 1540. The molecule has 0 aliphatic heterocycles. The van der Waals surface area contributed by atoms with Crippen LogP contribution in [0.25, 0.3) is 16.7 Å². The molecular formula is C25H22FN7O2. The fourth-order valence-electron chi connectivity index (χ4n) is 3.91. The average molecular weight is 471 g/mol. The molecule has 10 heteroatoms. The normalized spacial score (nSPS) is 12.1. The Hall–Kier alpha value is -4.60. The molecule has 5 rings (SSSR count). The highest BCUT2D eigenvalue weighted by Gasteiger charge is 2.21. The zero-order valence-corrected chi connectivity index (χ0v) is 18.9. The van der Waals surface area contributed by atoms with E-state index in [2.05, 4.69) is 25.4 Å². The van der Waals surface area contributed by atoms with Crippen molar-refractivity contribution >= 4 is 16.9 Å². The highest BCUT2D eigenvalue weighted by atomic mass is 19.1. The number of nitrogens with zero attached hydrogens (tertiary/aromatic N) is 5. The van der Waals surface area contributed by atoms with Crippen molar-refractivity contribution < 1.29 is 9.18 Å². The first-order valence-electron chi connectivity index (χ1n) is 11.0. The van der Waals surface area contributed by atoms with Crippen LogP contribution in [0.15, 0.2) is 78.0 Å². The SMILES string of the molecule is Cn1ccnc1C(NC(=O)CCc1nc2c(cnn2-c2ccccc2)c(=O)[nH]1)c1ccc(F)cc1. The molecule has 2 N–H and O–H groups in total. The first kappa shape index (κ1) is 22.2. The number of benzene rings is 2. The van der Waals surface area contributed by atoms with E-state index in [1.54, 1.807) is 33.8 Å². The molecule has 2 aromatic carbocycles. The minimum atomic E-state index is -0.558. The molecule has 0 spiro atoms. The number of rotatable bonds is 7. The molecule has 0 radical (unpaired) electrons. The van der Waals surface area contributed by atoms with E-state index >= 15 is 0 Å². The van der Waals surface area contributed by atoms with Gasteiger partial charge in [0.2, 0.25) is 5.91 Å². The maximum absolute atomic E-state index is 13.4. The summed E-state index contributed by atoms with van der Waals surface area (Å²) in [5.74, 6) is 0.371. The molecule has 9 nitrogen and oxygen atoms in total. The van der Waals surface area contributed by atoms with Crippen LogP contribution in [-0.4, -0.2) is 35.2 Å². The fourth-order valence-corrected chi connectivity index (χ4v) is 3.91. The summed E-state index contributed by atoms with van der Waals surface area (Å²) >= 11 is 0. The van der Waals surface area contributed by atoms with Gasteiger partial charge in [0, 0.05) is 32.3 Å². The monoisotopic (exact) mass is 471 g/mol. The number of para-hydroxylation sites is 1. The van der Waals surface area contributed by atoms with Crippen molar-refractivity contribution in [3.8, 4) is 5.69 Å². The van der Waals surface area contributed by atoms with E-state index in [4.69, 9.17) is 0 Å². The molecule has 0 saturated heterocycles. The molecular weight excluding hydrogens is 449 g/mol. The highest BCUT2D eigenvalue weighted by Crippen LogP contribution is 2.21. The second-order valence-electron chi connectivity index (χ2n) is 8.09. The number of imidazole rings is 1. The number of aromatic nitrogens is 6. The molecule has 176 valence electrons. The van der Waals surface area contributed by atoms with E-state index in [9.17, 15) is 14.0 Å². The van der Waals surface area contributed by atoms with Crippen molar-refractivity contribution in [1.82, 2.24) is 34.6 Å². The largest absolute Gasteiger partial charge is 0.342 e. The summed E-state index contributed by atoms with van der Waals surface area (Å²) < 4.78 is 16.8. The van der Waals surface area contributed by atoms with E-state index in [1.807, 2.05) is 37.4 Å². The van der Waals surface area contributed by atoms with Gasteiger partial charge < -0.3 is 14.9 Å². The number of aryl methyl sites for hydroxylation is 2. The van der Waals surface area contributed by atoms with Gasteiger partial charge >= 0.3 is 0 Å². The lowest BCUT2D eigenvalue weighted by Crippen LogP contribution is -2.31. The predicted molar refractivity (Wildman–Crippen MR) is 127 cm³/mol. The molecule has 0 bridgehead atoms. The first-order chi connectivity index (χ1) is 17.0. The number of hydrogen-bond acceptors (Lipinski definition) is 5. The van der Waals surface area contributed by atoms with Crippen molar-refractivity contribution in [2.24, 2.45) is 7.05 Å². The maximum Gasteiger partial charge on any atom is 0.262 e. The van der Waals surface area contributed by atoms with Gasteiger partial charge in [-0.1, -0.05) is 30.3 Å². The standard InChI is InChI=1S/C25H22FN7O2/c1-32-14-13-27-24(32)22(16-7-9-17(26)10-8-16)31-21(34)12-11-20-29-23-19(25(35)30-20)15-28-33(23)18-5-3-2-4-6-18/h2-10,13-15,22H,11-12H2,1H3,(H,31,34)(H,29,30,35). The Morgan fingerprint density at radius 2 is 1.91 bits per heavy atom. The predicted octanol–water partition coefficient (Wildman–Crippen LogP) is 2.82. The van der Waals surface area contributed by atoms with Crippen LogP contribution >= 0.6 is 0 Å². The van der Waals surface area contributed by atoms with Crippen molar-refractivity contribution in [3.63, 3.8) is 0 Å². The number of nitrogens with one attached hydrogen (secondary N) is 2. The minimum absolute atomic E-state index is 0.0794. The Kier molecular flexibility index (Phi) is 5.92. The Labute approximate surface area is 199 Å². The first-order valence-corrected chi connectivity index (χ1v) is 11.0. The van der Waals surface area contributed by atoms with Crippen molar-refractivity contribution in [2.75, 3.05) is 0 Å². The van der Waals surface area contributed by atoms with E-state index in [0.29, 0.717) is 28.2 Å². The number of hydrogen-bond donors (Lipinski definition) is 2. The third-order valence-electron chi connectivity index (χ3n) is 5.70. The van der Waals surface area contributed by atoms with Crippen LogP contribution in [0.2, 0.25) is 0 Å². The average Bonchev–Trinajstić information content (AvgIpc) is 3.49. The van der Waals surface area contributed by atoms with Crippen LogP contribution in [0.3, 0.4) is 0 Å². The van der Waals surface area contributed by atoms with E-state index < -0.39 is 6.04 Å². The van der Waals surface area contributed by atoms with Gasteiger partial charge in [0.05, 0.1) is 11.9 Å². The molecule has 1 unspecified atom stereocenters. The van der Waals surface area contributed by atoms with E-state index in [0.717, 1.165) is 5.69 Å². The summed E-state index contributed by atoms with van der Waals surface area (Å²) in [6.45, 7) is 0. The lowest BCUT2D eigenvalue weighted by atomic mass is 10.1. The van der Waals surface area contributed by atoms with Crippen LogP contribution in [0.5, 0.6) is 0 Å². The zero-order valence-electron chi connectivity index (χ0n) is 18.9. The van der Waals surface area contributed by atoms with Gasteiger partial charge in [-0.3, -0.25) is 9.59 Å². The molecule has 0 aliphatic carbocycles. The summed E-state index contributed by atoms with van der Waals surface area (Å²) in [5.41, 5.74) is 1.59. The lowest BCUT2D eigenvalue weighted by molar-refractivity contribution is -0.121. The second kappa shape index (κ2) is 9.34. The van der Waals surface area contributed by atoms with Crippen LogP contribution in [-0.2, 0) is 18.3 Å². The van der Waals surface area contributed by atoms with Crippen LogP contribution in [0.1, 0.15) is 29.7 Å². The van der Waals surface area contributed by atoms with Gasteiger partial charge in [-0.05, 0) is 29.8 Å². The number of carbonyl (C=O) groups is 1. The van der Waals surface area contributed by atoms with Crippen molar-refractivity contribution in [1.29, 1.82) is 0 Å². The molecule has 0 saturated carbocycles. The smallest absolute Gasteiger partial charge is 0.262 e. The van der Waals surface area contributed by atoms with Gasteiger partial charge in [-0.15, -0.1) is 0 Å². The highest BCUT2D eigenvalue weighted by molar-refractivity contribution is 5.77. The number of aromatic amines is 1. The Morgan fingerprint density at radius 3 is 2.63 bits per heavy atom. The molecule has 3 aromatic heterocycles. The van der Waals surface area contributed by atoms with Gasteiger partial charge in [0.15, 0.2) is 5.65 Å². The summed E-state index contributed by atoms with van der Waals surface area (Å²) in [4.78, 5) is 37.1. The van der Waals surface area contributed by atoms with Gasteiger partial charge in [0.25, 0.3) is 5.56 Å². The summed E-state index contributed by atoms with van der Waals surface area (Å²) in [6, 6.07) is 14.8. The van der Waals surface area contributed by atoms with E-state index in [1.165, 1.54) is 18.3 Å². The zero-order chi connectivity index (χ0) is 24.4. The van der Waals surface area contributed by atoms with Crippen molar-refractivity contribution in [2.45, 2.75) is 18.9 Å². The Balaban J connectivity index is 1.36. The summed E-state index contributed by atoms with van der Waals surface area (Å²) in [5, 5.41) is 7.63. The summed E-state index contributed by atoms with van der Waals surface area (Å²) in [6.07, 6.45) is 5.18. The topological polar surface area (TPSA) is 110 Å². The summed E-state index contributed by atoms with van der Waals surface area (Å²) in [7, 11) is 1.82. The van der Waals surface area contributed by atoms with Crippen LogP contribution in [0.4, 0.5) is 4.39 Å². The quantitative estimate of drug-likeness (QED) is 0.379. The third kappa shape index (κ3) is 4.58. The minimum Gasteiger partial charge on any atom is -0.342 e. The number of carbonyl (C=O) groups excluding carboxylic acids is 1. The van der Waals surface area contributed by atoms with Gasteiger partial charge in [0.1, 0.15) is 28.9 Å². The molecule has 35 heavy (non-hydrogen) atoms. The van der Waals surface area contributed by atoms with E-state index in [-0.39, 0.29) is 30.1 Å². The van der Waals surface area contributed by atoms with Gasteiger partial charge in [-0.2, -0.15) is 5.10 Å². The van der Waals surface area contributed by atoms with Crippen LogP contribution < -0.4 is 10.9 Å². The number of halogens is 1. The molecule has 0 aliphatic rings. The molecule has 1 atom stereocenters. The van der Waals surface area contributed by atoms with Crippen LogP contribution in [0, 0.1) is 5.82 Å². The molecule has 5 aromatic rings. The third-order valence-corrected chi connectivity index (χ3v) is 5.70.